The first-order valence-electron chi connectivity index (χ1n) is 7.70. The van der Waals surface area contributed by atoms with E-state index in [1.165, 1.54) is 27.6 Å². The molecule has 1 aromatic heterocycles. The fourth-order valence-electron chi connectivity index (χ4n) is 3.24. The summed E-state index contributed by atoms with van der Waals surface area (Å²) in [7, 11) is 2.14. The summed E-state index contributed by atoms with van der Waals surface area (Å²) in [5, 5.41) is 1.40. The first-order valence-corrected chi connectivity index (χ1v) is 7.70. The van der Waals surface area contributed by atoms with Gasteiger partial charge in [0.05, 0.1) is 0 Å². The number of hydrogen-bond donors (Lipinski definition) is 1. The molecule has 3 heteroatoms. The number of benzene rings is 1. The van der Waals surface area contributed by atoms with Gasteiger partial charge in [0.1, 0.15) is 0 Å². The third kappa shape index (κ3) is 2.25. The van der Waals surface area contributed by atoms with Crippen LogP contribution in [0.15, 0.2) is 18.3 Å². The quantitative estimate of drug-likeness (QED) is 0.928. The molecule has 3 rings (SSSR count). The number of aryl methyl sites for hydroxylation is 1. The Morgan fingerprint density at radius 2 is 1.90 bits per heavy atom. The fraction of sp³-hybridized carbons (Fsp3) is 0.529. The molecule has 2 aromatic rings. The van der Waals surface area contributed by atoms with Crippen LogP contribution in [0, 0.1) is 0 Å². The molecular weight excluding hydrogens is 246 g/mol. The second-order valence-electron chi connectivity index (χ2n) is 6.08. The van der Waals surface area contributed by atoms with E-state index in [0.29, 0.717) is 0 Å². The summed E-state index contributed by atoms with van der Waals surface area (Å²) in [6, 6.07) is 5.04. The lowest BCUT2D eigenvalue weighted by atomic mass is 10.0. The highest BCUT2D eigenvalue weighted by Crippen LogP contribution is 2.30. The summed E-state index contributed by atoms with van der Waals surface area (Å²) in [6.07, 6.45) is 4.27. The molecule has 0 amide bonds. The number of hydrogen-bond acceptors (Lipinski definition) is 2. The lowest BCUT2D eigenvalue weighted by Crippen LogP contribution is -2.21. The molecule has 0 radical (unpaired) electrons. The average Bonchev–Trinajstić information content (AvgIpc) is 2.98. The van der Waals surface area contributed by atoms with Gasteiger partial charge in [-0.15, -0.1) is 0 Å². The first-order chi connectivity index (χ1) is 9.62. The SMILES string of the molecule is CCC(N)Cc1cn(C)c2cc3c(cc12)CN(CC)C3. The van der Waals surface area contributed by atoms with Crippen molar-refractivity contribution in [2.45, 2.75) is 45.8 Å². The van der Waals surface area contributed by atoms with Gasteiger partial charge in [-0.25, -0.2) is 0 Å². The second kappa shape index (κ2) is 5.23. The summed E-state index contributed by atoms with van der Waals surface area (Å²) in [4.78, 5) is 2.49. The number of rotatable bonds is 4. The molecular formula is C17H25N3. The highest BCUT2D eigenvalue weighted by atomic mass is 15.1. The normalized spacial score (nSPS) is 16.8. The Kier molecular flexibility index (Phi) is 3.57. The van der Waals surface area contributed by atoms with Crippen LogP contribution >= 0.6 is 0 Å². The van der Waals surface area contributed by atoms with Crippen molar-refractivity contribution in [3.8, 4) is 0 Å². The van der Waals surface area contributed by atoms with Crippen LogP contribution in [0.1, 0.15) is 37.0 Å². The predicted molar refractivity (Wildman–Crippen MR) is 84.7 cm³/mol. The Morgan fingerprint density at radius 1 is 1.20 bits per heavy atom. The molecule has 1 aliphatic rings. The lowest BCUT2D eigenvalue weighted by Gasteiger charge is -2.09. The van der Waals surface area contributed by atoms with E-state index < -0.39 is 0 Å². The minimum atomic E-state index is 0.265. The van der Waals surface area contributed by atoms with E-state index in [9.17, 15) is 0 Å². The zero-order chi connectivity index (χ0) is 14.3. The van der Waals surface area contributed by atoms with Crippen LogP contribution in [0.4, 0.5) is 0 Å². The van der Waals surface area contributed by atoms with Crippen molar-refractivity contribution in [3.05, 3.63) is 35.0 Å². The Balaban J connectivity index is 2.03. The third-order valence-corrected chi connectivity index (χ3v) is 4.63. The fourth-order valence-corrected chi connectivity index (χ4v) is 3.24. The van der Waals surface area contributed by atoms with Crippen molar-refractivity contribution >= 4 is 10.9 Å². The first kappa shape index (κ1) is 13.7. The van der Waals surface area contributed by atoms with E-state index in [1.807, 2.05) is 0 Å². The maximum Gasteiger partial charge on any atom is 0.0484 e. The van der Waals surface area contributed by atoms with Crippen LogP contribution < -0.4 is 5.73 Å². The smallest absolute Gasteiger partial charge is 0.0484 e. The van der Waals surface area contributed by atoms with Gasteiger partial charge >= 0.3 is 0 Å². The molecule has 20 heavy (non-hydrogen) atoms. The second-order valence-corrected chi connectivity index (χ2v) is 6.08. The zero-order valence-corrected chi connectivity index (χ0v) is 12.8. The molecule has 3 nitrogen and oxygen atoms in total. The molecule has 0 fully saturated rings. The molecule has 0 spiro atoms. The summed E-state index contributed by atoms with van der Waals surface area (Å²) < 4.78 is 2.25. The van der Waals surface area contributed by atoms with Crippen LogP contribution in [0.5, 0.6) is 0 Å². The minimum absolute atomic E-state index is 0.265. The molecule has 108 valence electrons. The van der Waals surface area contributed by atoms with Gasteiger partial charge in [0, 0.05) is 43.3 Å². The summed E-state index contributed by atoms with van der Waals surface area (Å²) in [5.41, 5.74) is 11.9. The molecule has 0 aliphatic carbocycles. The molecule has 0 saturated carbocycles. The Labute approximate surface area is 121 Å². The topological polar surface area (TPSA) is 34.2 Å². The molecule has 1 aromatic carbocycles. The van der Waals surface area contributed by atoms with E-state index >= 15 is 0 Å². The standard InChI is InChI=1S/C17H25N3/c1-4-15(18)6-14-9-19(3)17-8-13-11-20(5-2)10-12(13)7-16(14)17/h7-9,15H,4-6,10-11,18H2,1-3H3. The van der Waals surface area contributed by atoms with E-state index in [-0.39, 0.29) is 6.04 Å². The highest BCUT2D eigenvalue weighted by molar-refractivity contribution is 5.86. The molecule has 2 N–H and O–H groups in total. The monoisotopic (exact) mass is 271 g/mol. The number of aromatic nitrogens is 1. The minimum Gasteiger partial charge on any atom is -0.350 e. The molecule has 2 heterocycles. The van der Waals surface area contributed by atoms with Gasteiger partial charge in [0.2, 0.25) is 0 Å². The van der Waals surface area contributed by atoms with Crippen molar-refractivity contribution < 1.29 is 0 Å². The van der Waals surface area contributed by atoms with Crippen molar-refractivity contribution in [2.24, 2.45) is 12.8 Å². The van der Waals surface area contributed by atoms with E-state index in [1.54, 1.807) is 0 Å². The van der Waals surface area contributed by atoms with Crippen LogP contribution in [0.3, 0.4) is 0 Å². The maximum atomic E-state index is 6.14. The molecule has 1 unspecified atom stereocenters. The van der Waals surface area contributed by atoms with Gasteiger partial charge in [-0.2, -0.15) is 0 Å². The molecule has 0 bridgehead atoms. The van der Waals surface area contributed by atoms with E-state index in [0.717, 1.165) is 32.5 Å². The van der Waals surface area contributed by atoms with E-state index in [2.05, 4.69) is 48.7 Å². The van der Waals surface area contributed by atoms with Crippen molar-refractivity contribution in [1.29, 1.82) is 0 Å². The van der Waals surface area contributed by atoms with Crippen molar-refractivity contribution in [3.63, 3.8) is 0 Å². The van der Waals surface area contributed by atoms with Crippen LogP contribution in [0.2, 0.25) is 0 Å². The zero-order valence-electron chi connectivity index (χ0n) is 12.8. The van der Waals surface area contributed by atoms with Gasteiger partial charge in [-0.3, -0.25) is 4.90 Å². The molecule has 0 saturated heterocycles. The number of nitrogens with two attached hydrogens (primary N) is 1. The van der Waals surface area contributed by atoms with Gasteiger partial charge in [-0.05, 0) is 48.2 Å². The summed E-state index contributed by atoms with van der Waals surface area (Å²) in [5.74, 6) is 0. The Hall–Kier alpha value is -1.32. The third-order valence-electron chi connectivity index (χ3n) is 4.63. The summed E-state index contributed by atoms with van der Waals surface area (Å²) >= 11 is 0. The van der Waals surface area contributed by atoms with Gasteiger partial charge < -0.3 is 10.3 Å². The lowest BCUT2D eigenvalue weighted by molar-refractivity contribution is 0.301. The number of nitrogens with zero attached hydrogens (tertiary/aromatic N) is 2. The van der Waals surface area contributed by atoms with Crippen LogP contribution in [0.25, 0.3) is 10.9 Å². The maximum absolute atomic E-state index is 6.14. The van der Waals surface area contributed by atoms with Crippen molar-refractivity contribution in [1.82, 2.24) is 9.47 Å². The molecule has 1 atom stereocenters. The van der Waals surface area contributed by atoms with Gasteiger partial charge in [0.25, 0.3) is 0 Å². The average molecular weight is 271 g/mol. The highest BCUT2D eigenvalue weighted by Gasteiger charge is 2.20. The molecule has 1 aliphatic heterocycles. The van der Waals surface area contributed by atoms with Crippen LogP contribution in [-0.4, -0.2) is 22.1 Å². The van der Waals surface area contributed by atoms with Crippen LogP contribution in [-0.2, 0) is 26.6 Å². The van der Waals surface area contributed by atoms with Gasteiger partial charge in [-0.1, -0.05) is 13.8 Å². The van der Waals surface area contributed by atoms with Crippen molar-refractivity contribution in [2.75, 3.05) is 6.54 Å². The Morgan fingerprint density at radius 3 is 2.55 bits per heavy atom. The predicted octanol–water partition coefficient (Wildman–Crippen LogP) is 2.79. The largest absolute Gasteiger partial charge is 0.350 e. The number of fused-ring (bicyclic) bond motifs is 2. The summed E-state index contributed by atoms with van der Waals surface area (Å²) in [6.45, 7) is 7.70. The Bertz CT molecular complexity index is 627. The van der Waals surface area contributed by atoms with E-state index in [4.69, 9.17) is 5.73 Å². The van der Waals surface area contributed by atoms with Gasteiger partial charge in [0.15, 0.2) is 0 Å².